The molecule has 0 saturated carbocycles. The Balaban J connectivity index is 1.59. The van der Waals surface area contributed by atoms with Crippen LogP contribution in [-0.4, -0.2) is 20.2 Å². The van der Waals surface area contributed by atoms with Crippen molar-refractivity contribution in [1.82, 2.24) is 0 Å². The van der Waals surface area contributed by atoms with Gasteiger partial charge in [0.05, 0.1) is 20.1 Å². The molecule has 0 bridgehead atoms. The summed E-state index contributed by atoms with van der Waals surface area (Å²) in [6, 6.07) is 17.0. The van der Waals surface area contributed by atoms with Gasteiger partial charge in [-0.3, -0.25) is 4.79 Å². The summed E-state index contributed by atoms with van der Waals surface area (Å²) < 4.78 is 31.3. The van der Waals surface area contributed by atoms with E-state index in [0.717, 1.165) is 35.3 Å². The van der Waals surface area contributed by atoms with Crippen molar-refractivity contribution in [1.29, 1.82) is 0 Å². The third-order valence-electron chi connectivity index (χ3n) is 7.18. The van der Waals surface area contributed by atoms with Gasteiger partial charge in [-0.2, -0.15) is 0 Å². The Bertz CT molecular complexity index is 1260. The van der Waals surface area contributed by atoms with Crippen molar-refractivity contribution in [2.24, 2.45) is 5.92 Å². The molecule has 3 aromatic rings. The van der Waals surface area contributed by atoms with Crippen LogP contribution in [0.15, 0.2) is 54.6 Å². The van der Waals surface area contributed by atoms with Crippen LogP contribution in [0.25, 0.3) is 11.1 Å². The average molecular weight is 491 g/mol. The molecule has 0 spiro atoms. The zero-order valence-corrected chi connectivity index (χ0v) is 22.0. The van der Waals surface area contributed by atoms with Crippen molar-refractivity contribution in [3.63, 3.8) is 0 Å². The lowest BCUT2D eigenvalue weighted by Crippen LogP contribution is -2.19. The van der Waals surface area contributed by atoms with Crippen LogP contribution < -0.4 is 9.47 Å². The number of carbonyl (C=O) groups excluding carboxylic acids is 1. The van der Waals surface area contributed by atoms with E-state index in [1.165, 1.54) is 24.3 Å². The number of benzene rings is 3. The van der Waals surface area contributed by atoms with Crippen LogP contribution in [0.1, 0.15) is 62.3 Å². The molecular formula is C31H35FO4. The number of methoxy groups -OCH3 is 2. The molecule has 3 aromatic carbocycles. The number of halogens is 1. The summed E-state index contributed by atoms with van der Waals surface area (Å²) in [5.74, 6) is 0.889. The van der Waals surface area contributed by atoms with E-state index in [1.54, 1.807) is 19.2 Å². The SMILES string of the molecule is COC(=O)C(C)[C@@H]1CCc2ccc(OCc3ccc(-c4cc(OC)ccc4F)c(C(C)(C)C)c3)cc21. The highest BCUT2D eigenvalue weighted by molar-refractivity contribution is 5.73. The molecule has 190 valence electrons. The first-order chi connectivity index (χ1) is 17.1. The molecule has 0 fully saturated rings. The molecular weight excluding hydrogens is 455 g/mol. The second-order valence-corrected chi connectivity index (χ2v) is 10.6. The quantitative estimate of drug-likeness (QED) is 0.328. The molecule has 4 rings (SSSR count). The molecule has 1 unspecified atom stereocenters. The second-order valence-electron chi connectivity index (χ2n) is 10.6. The van der Waals surface area contributed by atoms with Gasteiger partial charge in [0, 0.05) is 5.56 Å². The van der Waals surface area contributed by atoms with E-state index in [4.69, 9.17) is 14.2 Å². The molecule has 0 aliphatic heterocycles. The van der Waals surface area contributed by atoms with E-state index in [0.29, 0.717) is 17.9 Å². The summed E-state index contributed by atoms with van der Waals surface area (Å²) in [4.78, 5) is 12.1. The lowest BCUT2D eigenvalue weighted by Gasteiger charge is -2.25. The van der Waals surface area contributed by atoms with Gasteiger partial charge in [-0.05, 0) is 82.3 Å². The number of aryl methyl sites for hydroxylation is 1. The number of hydrogen-bond acceptors (Lipinski definition) is 4. The lowest BCUT2D eigenvalue weighted by atomic mass is 9.81. The van der Waals surface area contributed by atoms with Gasteiger partial charge in [-0.25, -0.2) is 4.39 Å². The normalized spacial score (nSPS) is 15.8. The molecule has 0 N–H and O–H groups in total. The lowest BCUT2D eigenvalue weighted by molar-refractivity contribution is -0.145. The van der Waals surface area contributed by atoms with Crippen LogP contribution in [0.2, 0.25) is 0 Å². The van der Waals surface area contributed by atoms with E-state index >= 15 is 0 Å². The third kappa shape index (κ3) is 5.25. The maximum absolute atomic E-state index is 14.8. The molecule has 0 saturated heterocycles. The fraction of sp³-hybridized carbons (Fsp3) is 0.387. The van der Waals surface area contributed by atoms with Gasteiger partial charge in [0.2, 0.25) is 0 Å². The van der Waals surface area contributed by atoms with Crippen molar-refractivity contribution < 1.29 is 23.4 Å². The molecule has 0 aromatic heterocycles. The van der Waals surface area contributed by atoms with Crippen molar-refractivity contribution in [2.45, 2.75) is 58.5 Å². The number of carbonyl (C=O) groups is 1. The molecule has 4 nitrogen and oxygen atoms in total. The maximum Gasteiger partial charge on any atom is 0.308 e. The van der Waals surface area contributed by atoms with Crippen molar-refractivity contribution >= 4 is 5.97 Å². The minimum Gasteiger partial charge on any atom is -0.497 e. The van der Waals surface area contributed by atoms with Crippen LogP contribution in [0.4, 0.5) is 4.39 Å². The largest absolute Gasteiger partial charge is 0.497 e. The first-order valence-corrected chi connectivity index (χ1v) is 12.4. The van der Waals surface area contributed by atoms with E-state index in [1.807, 2.05) is 25.1 Å². The Morgan fingerprint density at radius 1 is 1.00 bits per heavy atom. The summed E-state index contributed by atoms with van der Waals surface area (Å²) in [7, 11) is 3.02. The standard InChI is InChI=1S/C31H35FO4/c1-19(30(33)35-6)24-13-9-21-8-10-23(17-26(21)24)36-18-20-7-12-25(28(15-20)31(2,3)4)27-16-22(34-5)11-14-29(27)32/h7-8,10-12,14-17,19,24H,9,13,18H2,1-6H3/t19?,24-/m0/s1. The smallest absolute Gasteiger partial charge is 0.308 e. The van der Waals surface area contributed by atoms with Crippen LogP contribution in [0.3, 0.4) is 0 Å². The summed E-state index contributed by atoms with van der Waals surface area (Å²) in [6.45, 7) is 8.69. The summed E-state index contributed by atoms with van der Waals surface area (Å²) in [5.41, 5.74) is 5.65. The van der Waals surface area contributed by atoms with E-state index in [2.05, 4.69) is 39.0 Å². The highest BCUT2D eigenvalue weighted by Crippen LogP contribution is 2.41. The Kier molecular flexibility index (Phi) is 7.39. The Labute approximate surface area is 213 Å². The molecule has 2 atom stereocenters. The van der Waals surface area contributed by atoms with Crippen LogP contribution in [-0.2, 0) is 28.0 Å². The fourth-order valence-electron chi connectivity index (χ4n) is 5.11. The monoisotopic (exact) mass is 490 g/mol. The summed E-state index contributed by atoms with van der Waals surface area (Å²) in [6.07, 6.45) is 1.89. The van der Waals surface area contributed by atoms with Crippen LogP contribution >= 0.6 is 0 Å². The third-order valence-corrected chi connectivity index (χ3v) is 7.18. The number of hydrogen-bond donors (Lipinski definition) is 0. The molecule has 36 heavy (non-hydrogen) atoms. The minimum absolute atomic E-state index is 0.139. The van der Waals surface area contributed by atoms with Gasteiger partial charge in [0.15, 0.2) is 0 Å². The van der Waals surface area contributed by atoms with E-state index in [-0.39, 0.29) is 29.0 Å². The predicted molar refractivity (Wildman–Crippen MR) is 140 cm³/mol. The first-order valence-electron chi connectivity index (χ1n) is 12.4. The molecule has 0 heterocycles. The second kappa shape index (κ2) is 10.3. The van der Waals surface area contributed by atoms with Crippen LogP contribution in [0, 0.1) is 11.7 Å². The van der Waals surface area contributed by atoms with Crippen molar-refractivity contribution in [3.8, 4) is 22.6 Å². The van der Waals surface area contributed by atoms with Gasteiger partial charge in [0.25, 0.3) is 0 Å². The summed E-state index contributed by atoms with van der Waals surface area (Å²) >= 11 is 0. The Morgan fingerprint density at radius 2 is 1.75 bits per heavy atom. The van der Waals surface area contributed by atoms with Gasteiger partial charge in [0.1, 0.15) is 23.9 Å². The van der Waals surface area contributed by atoms with Gasteiger partial charge in [-0.1, -0.05) is 52.0 Å². The number of ether oxygens (including phenoxy) is 3. The molecule has 0 amide bonds. The molecule has 1 aliphatic carbocycles. The topological polar surface area (TPSA) is 44.8 Å². The number of rotatable bonds is 7. The highest BCUT2D eigenvalue weighted by atomic mass is 19.1. The zero-order valence-electron chi connectivity index (χ0n) is 22.0. The minimum atomic E-state index is -0.279. The Morgan fingerprint density at radius 3 is 2.44 bits per heavy atom. The van der Waals surface area contributed by atoms with Gasteiger partial charge in [-0.15, -0.1) is 0 Å². The first kappa shape index (κ1) is 25.7. The zero-order chi connectivity index (χ0) is 26.0. The van der Waals surface area contributed by atoms with E-state index < -0.39 is 0 Å². The highest BCUT2D eigenvalue weighted by Gasteiger charge is 2.32. The molecule has 5 heteroatoms. The molecule has 0 radical (unpaired) electrons. The van der Waals surface area contributed by atoms with Crippen molar-refractivity contribution in [2.75, 3.05) is 14.2 Å². The number of fused-ring (bicyclic) bond motifs is 1. The summed E-state index contributed by atoms with van der Waals surface area (Å²) in [5, 5.41) is 0. The van der Waals surface area contributed by atoms with Gasteiger partial charge >= 0.3 is 5.97 Å². The predicted octanol–water partition coefficient (Wildman–Crippen LogP) is 7.22. The van der Waals surface area contributed by atoms with Crippen LogP contribution in [0.5, 0.6) is 11.5 Å². The van der Waals surface area contributed by atoms with Crippen molar-refractivity contribution in [3.05, 3.63) is 82.7 Å². The van der Waals surface area contributed by atoms with Gasteiger partial charge < -0.3 is 14.2 Å². The Hall–Kier alpha value is -3.34. The number of esters is 1. The fourth-order valence-corrected chi connectivity index (χ4v) is 5.11. The molecule has 1 aliphatic rings. The van der Waals surface area contributed by atoms with E-state index in [9.17, 15) is 9.18 Å². The average Bonchev–Trinajstić information content (AvgIpc) is 3.29. The maximum atomic E-state index is 14.8.